The molecule has 1 radical (unpaired) electrons. The Morgan fingerprint density at radius 2 is 1.91 bits per heavy atom. The molecule has 2 nitrogen and oxygen atoms in total. The van der Waals surface area contributed by atoms with Crippen molar-refractivity contribution in [2.75, 3.05) is 19.7 Å². The van der Waals surface area contributed by atoms with Crippen LogP contribution < -0.4 is 0 Å². The zero-order valence-electron chi connectivity index (χ0n) is 7.55. The Balaban J connectivity index is 2.24. The fraction of sp³-hybridized carbons (Fsp3) is 1.00. The van der Waals surface area contributed by atoms with Crippen molar-refractivity contribution >= 4 is 0 Å². The van der Waals surface area contributed by atoms with Crippen molar-refractivity contribution in [3.05, 3.63) is 0 Å². The number of piperidine rings is 1. The summed E-state index contributed by atoms with van der Waals surface area (Å²) in [6, 6.07) is 0.655. The van der Waals surface area contributed by atoms with Crippen LogP contribution in [0.3, 0.4) is 0 Å². The smallest absolute Gasteiger partial charge is 0.0851 e. The van der Waals surface area contributed by atoms with Gasteiger partial charge in [0.15, 0.2) is 0 Å². The van der Waals surface area contributed by atoms with Gasteiger partial charge in [-0.25, -0.2) is 5.11 Å². The predicted molar refractivity (Wildman–Crippen MR) is 45.0 cm³/mol. The van der Waals surface area contributed by atoms with Crippen molar-refractivity contribution in [1.29, 1.82) is 0 Å². The summed E-state index contributed by atoms with van der Waals surface area (Å²) in [5.74, 6) is 0.463. The third-order valence-electron chi connectivity index (χ3n) is 2.62. The minimum absolute atomic E-state index is 0.131. The van der Waals surface area contributed by atoms with E-state index in [1.165, 1.54) is 0 Å². The average Bonchev–Trinajstić information content (AvgIpc) is 2.05. The van der Waals surface area contributed by atoms with Crippen LogP contribution in [0.15, 0.2) is 0 Å². The van der Waals surface area contributed by atoms with Gasteiger partial charge in [0, 0.05) is 6.04 Å². The largest absolute Gasteiger partial charge is 0.301 e. The van der Waals surface area contributed by atoms with Crippen molar-refractivity contribution < 1.29 is 5.11 Å². The summed E-state index contributed by atoms with van der Waals surface area (Å²) in [7, 11) is 0. The first-order valence-electron chi connectivity index (χ1n) is 4.56. The van der Waals surface area contributed by atoms with E-state index in [0.29, 0.717) is 12.0 Å². The molecule has 1 saturated heterocycles. The summed E-state index contributed by atoms with van der Waals surface area (Å²) in [6.45, 7) is 6.83. The maximum Gasteiger partial charge on any atom is 0.0851 e. The van der Waals surface area contributed by atoms with Gasteiger partial charge in [-0.15, -0.1) is 0 Å². The molecule has 0 aromatic heterocycles. The van der Waals surface area contributed by atoms with Gasteiger partial charge in [-0.1, -0.05) is 0 Å². The van der Waals surface area contributed by atoms with Crippen LogP contribution in [-0.4, -0.2) is 30.6 Å². The van der Waals surface area contributed by atoms with Gasteiger partial charge in [-0.3, -0.25) is 0 Å². The van der Waals surface area contributed by atoms with E-state index in [9.17, 15) is 5.11 Å². The highest BCUT2D eigenvalue weighted by atomic mass is 16.3. The standard InChI is InChI=1S/C9H18NO/c1-8(2)10-5-3-9(7-11)4-6-10/h8-9H,3-7H2,1-2H3. The van der Waals surface area contributed by atoms with Gasteiger partial charge in [-0.2, -0.15) is 0 Å². The lowest BCUT2D eigenvalue weighted by Gasteiger charge is -2.33. The lowest BCUT2D eigenvalue weighted by Crippen LogP contribution is -2.39. The number of likely N-dealkylation sites (tertiary alicyclic amines) is 1. The normalized spacial score (nSPS) is 22.9. The number of nitrogens with zero attached hydrogens (tertiary/aromatic N) is 1. The van der Waals surface area contributed by atoms with E-state index in [1.54, 1.807) is 0 Å². The third-order valence-corrected chi connectivity index (χ3v) is 2.62. The van der Waals surface area contributed by atoms with Gasteiger partial charge < -0.3 is 4.90 Å². The van der Waals surface area contributed by atoms with E-state index < -0.39 is 0 Å². The highest BCUT2D eigenvalue weighted by Gasteiger charge is 2.19. The fourth-order valence-corrected chi connectivity index (χ4v) is 1.64. The number of rotatable bonds is 2. The minimum atomic E-state index is 0.131. The average molecular weight is 156 g/mol. The summed E-state index contributed by atoms with van der Waals surface area (Å²) in [4.78, 5) is 2.45. The van der Waals surface area contributed by atoms with Crippen LogP contribution in [0.5, 0.6) is 0 Å². The Bertz CT molecular complexity index is 106. The van der Waals surface area contributed by atoms with E-state index in [4.69, 9.17) is 0 Å². The molecule has 0 bridgehead atoms. The van der Waals surface area contributed by atoms with Gasteiger partial charge in [-0.05, 0) is 45.7 Å². The van der Waals surface area contributed by atoms with Gasteiger partial charge in [0.2, 0.25) is 0 Å². The van der Waals surface area contributed by atoms with Crippen molar-refractivity contribution in [3.63, 3.8) is 0 Å². The van der Waals surface area contributed by atoms with Gasteiger partial charge in [0.25, 0.3) is 0 Å². The fourth-order valence-electron chi connectivity index (χ4n) is 1.64. The predicted octanol–water partition coefficient (Wildman–Crippen LogP) is 1.54. The zero-order chi connectivity index (χ0) is 8.27. The molecule has 0 aliphatic carbocycles. The topological polar surface area (TPSA) is 23.1 Å². The summed E-state index contributed by atoms with van der Waals surface area (Å²) >= 11 is 0. The molecular formula is C9H18NO. The van der Waals surface area contributed by atoms with E-state index >= 15 is 0 Å². The summed E-state index contributed by atoms with van der Waals surface area (Å²) in [5, 5.41) is 10.5. The molecule has 0 unspecified atom stereocenters. The summed E-state index contributed by atoms with van der Waals surface area (Å²) < 4.78 is 0. The molecule has 2 heteroatoms. The van der Waals surface area contributed by atoms with E-state index in [2.05, 4.69) is 18.7 Å². The highest BCUT2D eigenvalue weighted by Crippen LogP contribution is 2.17. The van der Waals surface area contributed by atoms with Crippen LogP contribution in [0.4, 0.5) is 0 Å². The molecule has 1 heterocycles. The van der Waals surface area contributed by atoms with Crippen LogP contribution in [0.2, 0.25) is 0 Å². The minimum Gasteiger partial charge on any atom is -0.301 e. The van der Waals surface area contributed by atoms with E-state index in [0.717, 1.165) is 25.9 Å². The third kappa shape index (κ3) is 2.46. The van der Waals surface area contributed by atoms with Gasteiger partial charge >= 0.3 is 0 Å². The molecular weight excluding hydrogens is 138 g/mol. The Kier molecular flexibility index (Phi) is 3.34. The second-order valence-electron chi connectivity index (χ2n) is 3.74. The monoisotopic (exact) mass is 156 g/mol. The quantitative estimate of drug-likeness (QED) is 0.594. The maximum atomic E-state index is 10.5. The maximum absolute atomic E-state index is 10.5. The van der Waals surface area contributed by atoms with E-state index in [1.807, 2.05) is 0 Å². The molecule has 1 aliphatic heterocycles. The molecule has 0 amide bonds. The van der Waals surface area contributed by atoms with Crippen LogP contribution >= 0.6 is 0 Å². The van der Waals surface area contributed by atoms with Crippen LogP contribution in [0.25, 0.3) is 0 Å². The Morgan fingerprint density at radius 3 is 2.27 bits per heavy atom. The van der Waals surface area contributed by atoms with Crippen molar-refractivity contribution in [2.45, 2.75) is 32.7 Å². The summed E-state index contributed by atoms with van der Waals surface area (Å²) in [5.41, 5.74) is 0. The Labute approximate surface area is 69.2 Å². The first-order chi connectivity index (χ1) is 5.24. The molecule has 11 heavy (non-hydrogen) atoms. The second-order valence-corrected chi connectivity index (χ2v) is 3.74. The molecule has 1 rings (SSSR count). The van der Waals surface area contributed by atoms with Crippen molar-refractivity contribution in [3.8, 4) is 0 Å². The molecule has 0 saturated carbocycles. The molecule has 0 aromatic carbocycles. The molecule has 65 valence electrons. The molecule has 0 aromatic rings. The van der Waals surface area contributed by atoms with Crippen LogP contribution in [-0.2, 0) is 5.11 Å². The second kappa shape index (κ2) is 4.07. The number of hydrogen-bond donors (Lipinski definition) is 0. The molecule has 0 N–H and O–H groups in total. The van der Waals surface area contributed by atoms with Crippen molar-refractivity contribution in [1.82, 2.24) is 4.90 Å². The first kappa shape index (κ1) is 9.01. The lowest BCUT2D eigenvalue weighted by atomic mass is 9.97. The van der Waals surface area contributed by atoms with Crippen molar-refractivity contribution in [2.24, 2.45) is 5.92 Å². The summed E-state index contributed by atoms with van der Waals surface area (Å²) in [6.07, 6.45) is 2.23. The zero-order valence-corrected chi connectivity index (χ0v) is 7.55. The highest BCUT2D eigenvalue weighted by molar-refractivity contribution is 4.73. The lowest BCUT2D eigenvalue weighted by molar-refractivity contribution is 0.0799. The molecule has 0 atom stereocenters. The first-order valence-corrected chi connectivity index (χ1v) is 4.56. The Hall–Kier alpha value is -0.0800. The van der Waals surface area contributed by atoms with Gasteiger partial charge in [0.1, 0.15) is 0 Å². The molecule has 1 aliphatic rings. The number of hydrogen-bond acceptors (Lipinski definition) is 1. The Morgan fingerprint density at radius 1 is 1.36 bits per heavy atom. The van der Waals surface area contributed by atoms with Crippen LogP contribution in [0, 0.1) is 5.92 Å². The van der Waals surface area contributed by atoms with Crippen LogP contribution in [0.1, 0.15) is 26.7 Å². The molecule has 0 spiro atoms. The van der Waals surface area contributed by atoms with Gasteiger partial charge in [0.05, 0.1) is 6.61 Å². The molecule has 1 fully saturated rings. The van der Waals surface area contributed by atoms with E-state index in [-0.39, 0.29) is 6.61 Å². The SMILES string of the molecule is CC(C)N1CCC(C[O])CC1.